The van der Waals surface area contributed by atoms with E-state index in [-0.39, 0.29) is 5.75 Å². The second kappa shape index (κ2) is 8.16. The Balaban J connectivity index is 2.51. The van der Waals surface area contributed by atoms with Crippen molar-refractivity contribution in [2.24, 2.45) is 11.8 Å². The van der Waals surface area contributed by atoms with Crippen LogP contribution in [0.5, 0.6) is 0 Å². The van der Waals surface area contributed by atoms with E-state index in [4.69, 9.17) is 0 Å². The SMILES string of the molecule is CCNCC1CCCCCC1CCS(=O)(=O)CC. The number of sulfone groups is 1. The zero-order chi connectivity index (χ0) is 13.4. The van der Waals surface area contributed by atoms with Crippen molar-refractivity contribution in [3.05, 3.63) is 0 Å². The summed E-state index contributed by atoms with van der Waals surface area (Å²) >= 11 is 0. The van der Waals surface area contributed by atoms with Gasteiger partial charge in [0.15, 0.2) is 0 Å². The zero-order valence-electron chi connectivity index (χ0n) is 12.0. The van der Waals surface area contributed by atoms with Gasteiger partial charge in [-0.2, -0.15) is 0 Å². The van der Waals surface area contributed by atoms with E-state index in [9.17, 15) is 8.42 Å². The molecule has 0 heterocycles. The Hall–Kier alpha value is -0.0900. The summed E-state index contributed by atoms with van der Waals surface area (Å²) in [5, 5.41) is 3.44. The first-order valence-corrected chi connectivity index (χ1v) is 9.32. The van der Waals surface area contributed by atoms with Gasteiger partial charge in [-0.3, -0.25) is 0 Å². The Morgan fingerprint density at radius 3 is 2.33 bits per heavy atom. The van der Waals surface area contributed by atoms with Gasteiger partial charge in [0.1, 0.15) is 9.84 Å². The van der Waals surface area contributed by atoms with Gasteiger partial charge in [-0.15, -0.1) is 0 Å². The molecule has 0 aliphatic heterocycles. The van der Waals surface area contributed by atoms with E-state index in [1.165, 1.54) is 32.1 Å². The molecular formula is C14H29NO2S. The first kappa shape index (κ1) is 16.0. The lowest BCUT2D eigenvalue weighted by atomic mass is 9.86. The van der Waals surface area contributed by atoms with Gasteiger partial charge in [-0.25, -0.2) is 8.42 Å². The molecule has 1 aliphatic rings. The predicted octanol–water partition coefficient (Wildman–Crippen LogP) is 2.62. The summed E-state index contributed by atoms with van der Waals surface area (Å²) < 4.78 is 23.3. The maximum Gasteiger partial charge on any atom is 0.150 e. The summed E-state index contributed by atoms with van der Waals surface area (Å²) in [6.45, 7) is 5.95. The molecule has 1 rings (SSSR count). The van der Waals surface area contributed by atoms with E-state index < -0.39 is 9.84 Å². The predicted molar refractivity (Wildman–Crippen MR) is 77.6 cm³/mol. The second-order valence-corrected chi connectivity index (χ2v) is 7.96. The van der Waals surface area contributed by atoms with Gasteiger partial charge < -0.3 is 5.32 Å². The normalized spacial score (nSPS) is 25.9. The van der Waals surface area contributed by atoms with Crippen LogP contribution in [0.15, 0.2) is 0 Å². The molecule has 1 saturated carbocycles. The number of rotatable bonds is 7. The van der Waals surface area contributed by atoms with E-state index in [1.54, 1.807) is 6.92 Å². The van der Waals surface area contributed by atoms with Gasteiger partial charge in [0.2, 0.25) is 0 Å². The van der Waals surface area contributed by atoms with Crippen LogP contribution in [0.1, 0.15) is 52.4 Å². The van der Waals surface area contributed by atoms with Crippen molar-refractivity contribution in [1.29, 1.82) is 0 Å². The maximum atomic E-state index is 11.6. The molecule has 3 nitrogen and oxygen atoms in total. The Morgan fingerprint density at radius 2 is 1.72 bits per heavy atom. The van der Waals surface area contributed by atoms with Crippen LogP contribution >= 0.6 is 0 Å². The van der Waals surface area contributed by atoms with Gasteiger partial charge in [-0.05, 0) is 37.8 Å². The van der Waals surface area contributed by atoms with Gasteiger partial charge in [-0.1, -0.05) is 39.5 Å². The Morgan fingerprint density at radius 1 is 1.06 bits per heavy atom. The standard InChI is InChI=1S/C14H29NO2S/c1-3-15-12-14-9-7-5-6-8-13(14)10-11-18(16,17)4-2/h13-15H,3-12H2,1-2H3. The van der Waals surface area contributed by atoms with Crippen LogP contribution in [-0.4, -0.2) is 33.0 Å². The highest BCUT2D eigenvalue weighted by Gasteiger charge is 2.24. The Labute approximate surface area is 113 Å². The van der Waals surface area contributed by atoms with Crippen LogP contribution in [0, 0.1) is 11.8 Å². The van der Waals surface area contributed by atoms with Crippen LogP contribution < -0.4 is 5.32 Å². The van der Waals surface area contributed by atoms with Crippen molar-refractivity contribution in [3.8, 4) is 0 Å². The average molecular weight is 275 g/mol. The number of hydrogen-bond acceptors (Lipinski definition) is 3. The molecule has 108 valence electrons. The molecule has 0 aromatic heterocycles. The van der Waals surface area contributed by atoms with Crippen molar-refractivity contribution in [1.82, 2.24) is 5.32 Å². The molecule has 0 radical (unpaired) electrons. The van der Waals surface area contributed by atoms with Crippen molar-refractivity contribution >= 4 is 9.84 Å². The summed E-state index contributed by atoms with van der Waals surface area (Å²) in [4.78, 5) is 0. The van der Waals surface area contributed by atoms with E-state index >= 15 is 0 Å². The summed E-state index contributed by atoms with van der Waals surface area (Å²) in [6.07, 6.45) is 7.26. The third kappa shape index (κ3) is 5.70. The fourth-order valence-electron chi connectivity index (χ4n) is 2.92. The molecule has 0 aromatic carbocycles. The molecular weight excluding hydrogens is 246 g/mol. The third-order valence-electron chi connectivity index (χ3n) is 4.21. The quantitative estimate of drug-likeness (QED) is 0.727. The largest absolute Gasteiger partial charge is 0.317 e. The fourth-order valence-corrected chi connectivity index (χ4v) is 3.87. The van der Waals surface area contributed by atoms with E-state index in [0.717, 1.165) is 19.5 Å². The average Bonchev–Trinajstić information content (AvgIpc) is 2.59. The van der Waals surface area contributed by atoms with E-state index in [0.29, 0.717) is 17.6 Å². The molecule has 0 saturated heterocycles. The van der Waals surface area contributed by atoms with Crippen molar-refractivity contribution in [2.45, 2.75) is 52.4 Å². The van der Waals surface area contributed by atoms with Crippen LogP contribution in [0.3, 0.4) is 0 Å². The molecule has 0 amide bonds. The van der Waals surface area contributed by atoms with Crippen molar-refractivity contribution in [3.63, 3.8) is 0 Å². The molecule has 18 heavy (non-hydrogen) atoms. The summed E-state index contributed by atoms with van der Waals surface area (Å²) in [7, 11) is -2.80. The zero-order valence-corrected chi connectivity index (χ0v) is 12.8. The first-order valence-electron chi connectivity index (χ1n) is 7.50. The molecule has 2 unspecified atom stereocenters. The molecule has 1 N–H and O–H groups in total. The fraction of sp³-hybridized carbons (Fsp3) is 1.00. The summed E-state index contributed by atoms with van der Waals surface area (Å²) in [6, 6.07) is 0. The van der Waals surface area contributed by atoms with Crippen molar-refractivity contribution in [2.75, 3.05) is 24.6 Å². The molecule has 2 atom stereocenters. The maximum absolute atomic E-state index is 11.6. The lowest BCUT2D eigenvalue weighted by Crippen LogP contribution is -2.29. The van der Waals surface area contributed by atoms with Crippen molar-refractivity contribution < 1.29 is 8.42 Å². The number of hydrogen-bond donors (Lipinski definition) is 1. The molecule has 0 spiro atoms. The smallest absolute Gasteiger partial charge is 0.150 e. The minimum absolute atomic E-state index is 0.289. The van der Waals surface area contributed by atoms with Crippen LogP contribution in [-0.2, 0) is 9.84 Å². The van der Waals surface area contributed by atoms with Gasteiger partial charge in [0.05, 0.1) is 5.75 Å². The van der Waals surface area contributed by atoms with E-state index in [2.05, 4.69) is 12.2 Å². The minimum atomic E-state index is -2.80. The minimum Gasteiger partial charge on any atom is -0.317 e. The highest BCUT2D eigenvalue weighted by molar-refractivity contribution is 7.91. The molecule has 4 heteroatoms. The lowest BCUT2D eigenvalue weighted by molar-refractivity contribution is 0.294. The summed E-state index contributed by atoms with van der Waals surface area (Å²) in [5.74, 6) is 1.96. The van der Waals surface area contributed by atoms with Gasteiger partial charge in [0, 0.05) is 5.75 Å². The topological polar surface area (TPSA) is 46.2 Å². The van der Waals surface area contributed by atoms with Crippen LogP contribution in [0.4, 0.5) is 0 Å². The van der Waals surface area contributed by atoms with Gasteiger partial charge >= 0.3 is 0 Å². The molecule has 1 aliphatic carbocycles. The Bertz CT molecular complexity index is 314. The Kier molecular flexibility index (Phi) is 7.23. The van der Waals surface area contributed by atoms with Gasteiger partial charge in [0.25, 0.3) is 0 Å². The number of nitrogens with one attached hydrogen (secondary N) is 1. The summed E-state index contributed by atoms with van der Waals surface area (Å²) in [5.41, 5.74) is 0. The molecule has 1 fully saturated rings. The highest BCUT2D eigenvalue weighted by atomic mass is 32.2. The van der Waals surface area contributed by atoms with E-state index in [1.807, 2.05) is 0 Å². The monoisotopic (exact) mass is 275 g/mol. The molecule has 0 aromatic rings. The first-order chi connectivity index (χ1) is 8.59. The second-order valence-electron chi connectivity index (χ2n) is 5.49. The van der Waals surface area contributed by atoms with Crippen LogP contribution in [0.25, 0.3) is 0 Å². The molecule has 0 bridgehead atoms. The lowest BCUT2D eigenvalue weighted by Gasteiger charge is -2.25. The van der Waals surface area contributed by atoms with Crippen LogP contribution in [0.2, 0.25) is 0 Å². The highest BCUT2D eigenvalue weighted by Crippen LogP contribution is 2.31. The third-order valence-corrected chi connectivity index (χ3v) is 5.95.